The maximum absolute atomic E-state index is 10.9. The topological polar surface area (TPSA) is 108 Å². The van der Waals surface area contributed by atoms with Crippen molar-refractivity contribution in [1.29, 1.82) is 0 Å². The van der Waals surface area contributed by atoms with Crippen LogP contribution in [-0.4, -0.2) is 38.6 Å². The molecule has 0 aliphatic rings. The molecule has 1 N–H and O–H groups in total. The van der Waals surface area contributed by atoms with Gasteiger partial charge in [0.05, 0.1) is 24.8 Å². The highest BCUT2D eigenvalue weighted by Gasteiger charge is 2.15. The number of ether oxygens (including phenoxy) is 1. The van der Waals surface area contributed by atoms with E-state index in [1.54, 1.807) is 17.1 Å². The molecule has 9 nitrogen and oxygen atoms in total. The standard InChI is InChI=1S/C10H12N6O3/c1-19-9-3-2-8(16(17)18)10(13-9)11-4-6-15-7-5-12-14-15/h2-3,5,7H,4,6H2,1H3,(H,11,13). The molecule has 0 aromatic carbocycles. The largest absolute Gasteiger partial charge is 0.481 e. The molecule has 100 valence electrons. The number of methoxy groups -OCH3 is 1. The van der Waals surface area contributed by atoms with Crippen LogP contribution in [0.2, 0.25) is 0 Å². The normalized spacial score (nSPS) is 10.2. The Morgan fingerprint density at radius 3 is 3.00 bits per heavy atom. The van der Waals surface area contributed by atoms with Gasteiger partial charge in [-0.1, -0.05) is 5.21 Å². The molecule has 19 heavy (non-hydrogen) atoms. The predicted octanol–water partition coefficient (Wildman–Crippen LogP) is 0.702. The van der Waals surface area contributed by atoms with Crippen molar-refractivity contribution in [3.05, 3.63) is 34.6 Å². The van der Waals surface area contributed by atoms with E-state index in [-0.39, 0.29) is 11.5 Å². The molecule has 0 spiro atoms. The lowest BCUT2D eigenvalue weighted by atomic mass is 10.4. The predicted molar refractivity (Wildman–Crippen MR) is 66.0 cm³/mol. The Balaban J connectivity index is 2.06. The molecule has 0 amide bonds. The third-order valence-corrected chi connectivity index (χ3v) is 2.36. The zero-order chi connectivity index (χ0) is 13.7. The lowest BCUT2D eigenvalue weighted by Gasteiger charge is -2.07. The zero-order valence-corrected chi connectivity index (χ0v) is 10.2. The molecule has 0 aliphatic heterocycles. The fourth-order valence-electron chi connectivity index (χ4n) is 1.47. The molecule has 0 radical (unpaired) electrons. The van der Waals surface area contributed by atoms with Gasteiger partial charge in [-0.3, -0.25) is 14.8 Å². The number of anilines is 1. The summed E-state index contributed by atoms with van der Waals surface area (Å²) >= 11 is 0. The van der Waals surface area contributed by atoms with E-state index in [2.05, 4.69) is 20.6 Å². The lowest BCUT2D eigenvalue weighted by molar-refractivity contribution is -0.384. The van der Waals surface area contributed by atoms with E-state index in [0.29, 0.717) is 19.0 Å². The summed E-state index contributed by atoms with van der Waals surface area (Å²) in [6.45, 7) is 0.959. The second-order valence-electron chi connectivity index (χ2n) is 3.57. The van der Waals surface area contributed by atoms with E-state index in [1.807, 2.05) is 0 Å². The number of pyridine rings is 1. The minimum Gasteiger partial charge on any atom is -0.481 e. The summed E-state index contributed by atoms with van der Waals surface area (Å²) in [7, 11) is 1.45. The highest BCUT2D eigenvalue weighted by atomic mass is 16.6. The van der Waals surface area contributed by atoms with Crippen molar-refractivity contribution in [2.75, 3.05) is 19.0 Å². The molecule has 0 atom stereocenters. The third-order valence-electron chi connectivity index (χ3n) is 2.36. The molecule has 2 aromatic rings. The van der Waals surface area contributed by atoms with Crippen LogP contribution in [0.25, 0.3) is 0 Å². The molecular formula is C10H12N6O3. The maximum atomic E-state index is 10.9. The second-order valence-corrected chi connectivity index (χ2v) is 3.57. The molecule has 2 heterocycles. The first kappa shape index (κ1) is 12.7. The van der Waals surface area contributed by atoms with Crippen molar-refractivity contribution in [3.63, 3.8) is 0 Å². The number of nitrogens with zero attached hydrogens (tertiary/aromatic N) is 5. The van der Waals surface area contributed by atoms with Crippen LogP contribution >= 0.6 is 0 Å². The Hall–Kier alpha value is -2.71. The van der Waals surface area contributed by atoms with Crippen molar-refractivity contribution in [2.45, 2.75) is 6.54 Å². The molecule has 0 saturated heterocycles. The number of hydrogen-bond donors (Lipinski definition) is 1. The summed E-state index contributed by atoms with van der Waals surface area (Å²) < 4.78 is 6.55. The van der Waals surface area contributed by atoms with Crippen molar-refractivity contribution < 1.29 is 9.66 Å². The van der Waals surface area contributed by atoms with E-state index in [4.69, 9.17) is 4.74 Å². The first-order chi connectivity index (χ1) is 9.20. The average Bonchev–Trinajstić information content (AvgIpc) is 2.91. The Labute approximate surface area is 108 Å². The van der Waals surface area contributed by atoms with Crippen LogP contribution in [0, 0.1) is 10.1 Å². The number of rotatable bonds is 6. The summed E-state index contributed by atoms with van der Waals surface area (Å²) in [4.78, 5) is 14.4. The Morgan fingerprint density at radius 2 is 2.37 bits per heavy atom. The van der Waals surface area contributed by atoms with Crippen LogP contribution in [0.4, 0.5) is 11.5 Å². The summed E-state index contributed by atoms with van der Waals surface area (Å²) in [5.74, 6) is 0.485. The summed E-state index contributed by atoms with van der Waals surface area (Å²) in [6, 6.07) is 2.80. The maximum Gasteiger partial charge on any atom is 0.311 e. The molecule has 0 saturated carbocycles. The van der Waals surface area contributed by atoms with Crippen LogP contribution in [0.1, 0.15) is 0 Å². The smallest absolute Gasteiger partial charge is 0.311 e. The average molecular weight is 264 g/mol. The van der Waals surface area contributed by atoms with E-state index < -0.39 is 4.92 Å². The van der Waals surface area contributed by atoms with Crippen LogP contribution < -0.4 is 10.1 Å². The zero-order valence-electron chi connectivity index (χ0n) is 10.2. The minimum atomic E-state index is -0.496. The van der Waals surface area contributed by atoms with Gasteiger partial charge in [0.1, 0.15) is 0 Å². The van der Waals surface area contributed by atoms with Crippen molar-refractivity contribution >= 4 is 11.5 Å². The Morgan fingerprint density at radius 1 is 1.53 bits per heavy atom. The van der Waals surface area contributed by atoms with E-state index in [9.17, 15) is 10.1 Å². The van der Waals surface area contributed by atoms with Crippen molar-refractivity contribution in [3.8, 4) is 5.88 Å². The number of nitrogens with one attached hydrogen (secondary N) is 1. The van der Waals surface area contributed by atoms with Crippen LogP contribution in [0.15, 0.2) is 24.5 Å². The van der Waals surface area contributed by atoms with E-state index in [1.165, 1.54) is 19.2 Å². The lowest BCUT2D eigenvalue weighted by Crippen LogP contribution is -2.13. The fraction of sp³-hybridized carbons (Fsp3) is 0.300. The molecule has 0 unspecified atom stereocenters. The number of hydrogen-bond acceptors (Lipinski definition) is 7. The molecule has 2 rings (SSSR count). The van der Waals surface area contributed by atoms with Gasteiger partial charge in [0.2, 0.25) is 11.7 Å². The molecule has 0 bridgehead atoms. The summed E-state index contributed by atoms with van der Waals surface area (Å²) in [6.07, 6.45) is 3.27. The second kappa shape index (κ2) is 5.76. The number of nitro groups is 1. The van der Waals surface area contributed by atoms with Gasteiger partial charge in [0.15, 0.2) is 0 Å². The van der Waals surface area contributed by atoms with Crippen molar-refractivity contribution in [1.82, 2.24) is 20.0 Å². The molecule has 0 aliphatic carbocycles. The minimum absolute atomic E-state index is 0.0978. The summed E-state index contributed by atoms with van der Waals surface area (Å²) in [5, 5.41) is 21.2. The first-order valence-corrected chi connectivity index (χ1v) is 5.48. The van der Waals surface area contributed by atoms with Gasteiger partial charge < -0.3 is 10.1 Å². The van der Waals surface area contributed by atoms with Crippen LogP contribution in [-0.2, 0) is 6.54 Å². The van der Waals surface area contributed by atoms with Gasteiger partial charge in [-0.05, 0) is 0 Å². The molecule has 9 heteroatoms. The van der Waals surface area contributed by atoms with Crippen LogP contribution in [0.3, 0.4) is 0 Å². The van der Waals surface area contributed by atoms with Gasteiger partial charge in [-0.25, -0.2) is 0 Å². The number of aromatic nitrogens is 4. The van der Waals surface area contributed by atoms with Crippen LogP contribution in [0.5, 0.6) is 5.88 Å². The highest BCUT2D eigenvalue weighted by Crippen LogP contribution is 2.24. The Kier molecular flexibility index (Phi) is 3.86. The molecule has 2 aromatic heterocycles. The van der Waals surface area contributed by atoms with Gasteiger partial charge >= 0.3 is 5.69 Å². The summed E-state index contributed by atoms with van der Waals surface area (Å²) in [5.41, 5.74) is -0.0978. The third kappa shape index (κ3) is 3.15. The van der Waals surface area contributed by atoms with Crippen molar-refractivity contribution in [2.24, 2.45) is 0 Å². The quantitative estimate of drug-likeness (QED) is 0.604. The fourth-order valence-corrected chi connectivity index (χ4v) is 1.47. The SMILES string of the molecule is COc1ccc([N+](=O)[O-])c(NCCn2ccnn2)n1. The van der Waals surface area contributed by atoms with E-state index in [0.717, 1.165) is 0 Å². The van der Waals surface area contributed by atoms with E-state index >= 15 is 0 Å². The van der Waals surface area contributed by atoms with Gasteiger partial charge in [-0.15, -0.1) is 5.10 Å². The van der Waals surface area contributed by atoms with Gasteiger partial charge in [-0.2, -0.15) is 4.98 Å². The van der Waals surface area contributed by atoms with Gasteiger partial charge in [0.25, 0.3) is 0 Å². The van der Waals surface area contributed by atoms with Gasteiger partial charge in [0, 0.05) is 24.9 Å². The molecular weight excluding hydrogens is 252 g/mol. The molecule has 0 fully saturated rings. The highest BCUT2D eigenvalue weighted by molar-refractivity contribution is 5.56. The Bertz CT molecular complexity index is 556. The monoisotopic (exact) mass is 264 g/mol. The first-order valence-electron chi connectivity index (χ1n) is 5.48.